The van der Waals surface area contributed by atoms with Gasteiger partial charge in [-0.1, -0.05) is 50.2 Å². The Bertz CT molecular complexity index is 649. The number of carbonyl (C=O) groups is 1. The van der Waals surface area contributed by atoms with E-state index < -0.39 is 0 Å². The molecule has 2 aromatic rings. The van der Waals surface area contributed by atoms with Crippen LogP contribution < -0.4 is 5.32 Å². The summed E-state index contributed by atoms with van der Waals surface area (Å²) in [6.45, 7) is 7.91. The van der Waals surface area contributed by atoms with E-state index in [9.17, 15) is 9.18 Å². The van der Waals surface area contributed by atoms with Gasteiger partial charge in [-0.25, -0.2) is 4.39 Å². The molecule has 0 fully saturated rings. The molecule has 3 nitrogen and oxygen atoms in total. The minimum Gasteiger partial charge on any atom is -0.352 e. The Balaban J connectivity index is 1.74. The maximum atomic E-state index is 12.9. The Kier molecular flexibility index (Phi) is 7.61. The number of benzene rings is 2. The van der Waals surface area contributed by atoms with E-state index in [0.717, 1.165) is 30.8 Å². The molecule has 0 aliphatic rings. The zero-order valence-electron chi connectivity index (χ0n) is 15.1. The molecular weight excluding hydrogens is 315 g/mol. The molecular formula is C21H27FN2O. The number of hydrogen-bond donors (Lipinski definition) is 1. The smallest absolute Gasteiger partial charge is 0.220 e. The fourth-order valence-corrected chi connectivity index (χ4v) is 2.67. The third kappa shape index (κ3) is 6.67. The zero-order valence-corrected chi connectivity index (χ0v) is 15.1. The SMILES string of the molecule is CCN(CC)Cc1ccc(CNC(=O)CCc2ccc(F)cc2)cc1. The minimum atomic E-state index is -0.252. The van der Waals surface area contributed by atoms with Crippen LogP contribution >= 0.6 is 0 Å². The summed E-state index contributed by atoms with van der Waals surface area (Å²) < 4.78 is 12.9. The van der Waals surface area contributed by atoms with Crippen molar-refractivity contribution in [2.45, 2.75) is 39.8 Å². The molecule has 0 bridgehead atoms. The van der Waals surface area contributed by atoms with E-state index in [2.05, 4.69) is 48.3 Å². The average molecular weight is 342 g/mol. The third-order valence-corrected chi connectivity index (χ3v) is 4.37. The molecule has 0 aliphatic heterocycles. The first-order valence-electron chi connectivity index (χ1n) is 8.92. The summed E-state index contributed by atoms with van der Waals surface area (Å²) in [4.78, 5) is 14.3. The highest BCUT2D eigenvalue weighted by atomic mass is 19.1. The quantitative estimate of drug-likeness (QED) is 0.749. The van der Waals surface area contributed by atoms with E-state index in [1.54, 1.807) is 12.1 Å². The Morgan fingerprint density at radius 1 is 0.920 bits per heavy atom. The summed E-state index contributed by atoms with van der Waals surface area (Å²) >= 11 is 0. The number of halogens is 1. The number of carbonyl (C=O) groups excluding carboxylic acids is 1. The molecule has 25 heavy (non-hydrogen) atoms. The fourth-order valence-electron chi connectivity index (χ4n) is 2.67. The first-order valence-corrected chi connectivity index (χ1v) is 8.92. The van der Waals surface area contributed by atoms with Gasteiger partial charge in [-0.3, -0.25) is 9.69 Å². The lowest BCUT2D eigenvalue weighted by Gasteiger charge is -2.18. The van der Waals surface area contributed by atoms with Gasteiger partial charge in [0, 0.05) is 19.5 Å². The number of hydrogen-bond acceptors (Lipinski definition) is 2. The fraction of sp³-hybridized carbons (Fsp3) is 0.381. The van der Waals surface area contributed by atoms with Crippen molar-refractivity contribution in [3.05, 3.63) is 71.0 Å². The van der Waals surface area contributed by atoms with Gasteiger partial charge < -0.3 is 5.32 Å². The highest BCUT2D eigenvalue weighted by Crippen LogP contribution is 2.08. The van der Waals surface area contributed by atoms with E-state index in [4.69, 9.17) is 0 Å². The van der Waals surface area contributed by atoms with E-state index in [-0.39, 0.29) is 11.7 Å². The van der Waals surface area contributed by atoms with Gasteiger partial charge in [0.25, 0.3) is 0 Å². The van der Waals surface area contributed by atoms with Crippen molar-refractivity contribution in [2.24, 2.45) is 0 Å². The van der Waals surface area contributed by atoms with E-state index in [0.29, 0.717) is 19.4 Å². The first kappa shape index (κ1) is 19.1. The van der Waals surface area contributed by atoms with Crippen LogP contribution in [-0.2, 0) is 24.3 Å². The van der Waals surface area contributed by atoms with Gasteiger partial charge >= 0.3 is 0 Å². The van der Waals surface area contributed by atoms with Crippen molar-refractivity contribution < 1.29 is 9.18 Å². The van der Waals surface area contributed by atoms with Gasteiger partial charge in [-0.15, -0.1) is 0 Å². The van der Waals surface area contributed by atoms with Gasteiger partial charge in [-0.2, -0.15) is 0 Å². The molecule has 0 atom stereocenters. The molecule has 1 N–H and O–H groups in total. The van der Waals surface area contributed by atoms with Gasteiger partial charge in [-0.05, 0) is 48.3 Å². The van der Waals surface area contributed by atoms with Gasteiger partial charge in [0.2, 0.25) is 5.91 Å². The van der Waals surface area contributed by atoms with Crippen LogP contribution in [0.15, 0.2) is 48.5 Å². The summed E-state index contributed by atoms with van der Waals surface area (Å²) in [6, 6.07) is 14.7. The molecule has 0 unspecified atom stereocenters. The summed E-state index contributed by atoms with van der Waals surface area (Å²) in [6.07, 6.45) is 1.03. The predicted octanol–water partition coefficient (Wildman–Crippen LogP) is 3.92. The van der Waals surface area contributed by atoms with Crippen LogP contribution in [0.2, 0.25) is 0 Å². The van der Waals surface area contributed by atoms with Crippen LogP contribution in [0.1, 0.15) is 37.0 Å². The van der Waals surface area contributed by atoms with E-state index in [1.807, 2.05) is 0 Å². The Morgan fingerprint density at radius 3 is 2.08 bits per heavy atom. The summed E-state index contributed by atoms with van der Waals surface area (Å²) in [5.41, 5.74) is 3.35. The van der Waals surface area contributed by atoms with Crippen LogP contribution in [0.4, 0.5) is 4.39 Å². The second kappa shape index (κ2) is 9.94. The van der Waals surface area contributed by atoms with Crippen molar-refractivity contribution in [2.75, 3.05) is 13.1 Å². The number of amides is 1. The van der Waals surface area contributed by atoms with Crippen molar-refractivity contribution in [1.29, 1.82) is 0 Å². The van der Waals surface area contributed by atoms with Crippen molar-refractivity contribution in [1.82, 2.24) is 10.2 Å². The van der Waals surface area contributed by atoms with Crippen LogP contribution in [0, 0.1) is 5.82 Å². The number of aryl methyl sites for hydroxylation is 1. The summed E-state index contributed by atoms with van der Waals surface area (Å²) in [5.74, 6) is -0.241. The Labute approximate surface area is 149 Å². The molecule has 2 aromatic carbocycles. The highest BCUT2D eigenvalue weighted by Gasteiger charge is 2.04. The standard InChI is InChI=1S/C21H27FN2O/c1-3-24(4-2)16-19-7-5-18(6-8-19)15-23-21(25)14-11-17-9-12-20(22)13-10-17/h5-10,12-13H,3-4,11,14-16H2,1-2H3,(H,23,25). The number of rotatable bonds is 9. The van der Waals surface area contributed by atoms with Crippen LogP contribution in [0.5, 0.6) is 0 Å². The first-order chi connectivity index (χ1) is 12.1. The maximum Gasteiger partial charge on any atom is 0.220 e. The zero-order chi connectivity index (χ0) is 18.1. The lowest BCUT2D eigenvalue weighted by atomic mass is 10.1. The lowest BCUT2D eigenvalue weighted by molar-refractivity contribution is -0.121. The van der Waals surface area contributed by atoms with Gasteiger partial charge in [0.15, 0.2) is 0 Å². The summed E-state index contributed by atoms with van der Waals surface area (Å²) in [7, 11) is 0. The van der Waals surface area contributed by atoms with Crippen molar-refractivity contribution in [3.8, 4) is 0 Å². The maximum absolute atomic E-state index is 12.9. The molecule has 0 saturated carbocycles. The van der Waals surface area contributed by atoms with Gasteiger partial charge in [0.05, 0.1) is 0 Å². The molecule has 0 aliphatic carbocycles. The molecule has 134 valence electrons. The van der Waals surface area contributed by atoms with E-state index in [1.165, 1.54) is 17.7 Å². The molecule has 0 spiro atoms. The summed E-state index contributed by atoms with van der Waals surface area (Å²) in [5, 5.41) is 2.94. The third-order valence-electron chi connectivity index (χ3n) is 4.37. The van der Waals surface area contributed by atoms with Crippen LogP contribution in [0.3, 0.4) is 0 Å². The average Bonchev–Trinajstić information content (AvgIpc) is 2.65. The predicted molar refractivity (Wildman–Crippen MR) is 99.6 cm³/mol. The Hall–Kier alpha value is -2.20. The normalized spacial score (nSPS) is 10.9. The molecule has 0 aromatic heterocycles. The molecule has 0 heterocycles. The lowest BCUT2D eigenvalue weighted by Crippen LogP contribution is -2.23. The van der Waals surface area contributed by atoms with Crippen LogP contribution in [-0.4, -0.2) is 23.9 Å². The van der Waals surface area contributed by atoms with Gasteiger partial charge in [0.1, 0.15) is 5.82 Å². The molecule has 0 saturated heterocycles. The second-order valence-corrected chi connectivity index (χ2v) is 6.18. The highest BCUT2D eigenvalue weighted by molar-refractivity contribution is 5.76. The Morgan fingerprint density at radius 2 is 1.48 bits per heavy atom. The molecule has 1 amide bonds. The largest absolute Gasteiger partial charge is 0.352 e. The minimum absolute atomic E-state index is 0.0107. The molecule has 0 radical (unpaired) electrons. The van der Waals surface area contributed by atoms with E-state index >= 15 is 0 Å². The van der Waals surface area contributed by atoms with Crippen LogP contribution in [0.25, 0.3) is 0 Å². The topological polar surface area (TPSA) is 32.3 Å². The number of nitrogens with one attached hydrogen (secondary N) is 1. The number of nitrogens with zero attached hydrogens (tertiary/aromatic N) is 1. The van der Waals surface area contributed by atoms with Crippen molar-refractivity contribution in [3.63, 3.8) is 0 Å². The molecule has 2 rings (SSSR count). The monoisotopic (exact) mass is 342 g/mol. The van der Waals surface area contributed by atoms with Crippen molar-refractivity contribution >= 4 is 5.91 Å². The second-order valence-electron chi connectivity index (χ2n) is 6.18. The molecule has 4 heteroatoms.